The standard InChI is InChI=1S/C7H5ClN2O4/c1-3-4(7(11)12)2-5(10(13)14)6(8)9-3/h2H,1H3,(H,11,12)/p-1. The molecule has 0 fully saturated rings. The molecular weight excluding hydrogens is 212 g/mol. The van der Waals surface area contributed by atoms with Crippen LogP contribution in [-0.2, 0) is 0 Å². The van der Waals surface area contributed by atoms with E-state index in [4.69, 9.17) is 11.6 Å². The van der Waals surface area contributed by atoms with Crippen molar-refractivity contribution in [1.29, 1.82) is 0 Å². The van der Waals surface area contributed by atoms with Crippen molar-refractivity contribution in [2.45, 2.75) is 6.92 Å². The molecule has 0 saturated heterocycles. The van der Waals surface area contributed by atoms with Gasteiger partial charge in [0.1, 0.15) is 0 Å². The van der Waals surface area contributed by atoms with Crippen molar-refractivity contribution in [1.82, 2.24) is 4.98 Å². The van der Waals surface area contributed by atoms with Crippen LogP contribution in [0.25, 0.3) is 0 Å². The molecule has 6 nitrogen and oxygen atoms in total. The number of carboxylic acid groups (broad SMARTS) is 1. The zero-order chi connectivity index (χ0) is 10.9. The normalized spacial score (nSPS) is 9.86. The quantitative estimate of drug-likeness (QED) is 0.402. The molecule has 14 heavy (non-hydrogen) atoms. The Hall–Kier alpha value is -1.69. The highest BCUT2D eigenvalue weighted by molar-refractivity contribution is 6.31. The summed E-state index contributed by atoms with van der Waals surface area (Å²) in [5.41, 5.74) is -0.793. The Kier molecular flexibility index (Phi) is 2.66. The highest BCUT2D eigenvalue weighted by Gasteiger charge is 2.16. The lowest BCUT2D eigenvalue weighted by Crippen LogP contribution is -2.24. The van der Waals surface area contributed by atoms with Crippen molar-refractivity contribution in [2.24, 2.45) is 0 Å². The second kappa shape index (κ2) is 3.59. The second-order valence-electron chi connectivity index (χ2n) is 2.48. The molecule has 1 aromatic heterocycles. The van der Waals surface area contributed by atoms with Gasteiger partial charge in [0.05, 0.1) is 10.9 Å². The minimum atomic E-state index is -1.52. The third-order valence-electron chi connectivity index (χ3n) is 1.56. The van der Waals surface area contributed by atoms with Crippen LogP contribution in [0.15, 0.2) is 6.07 Å². The summed E-state index contributed by atoms with van der Waals surface area (Å²) in [7, 11) is 0. The van der Waals surface area contributed by atoms with Crippen LogP contribution in [0.3, 0.4) is 0 Å². The Balaban J connectivity index is 3.42. The zero-order valence-corrected chi connectivity index (χ0v) is 7.74. The number of carbonyl (C=O) groups excluding carboxylic acids is 1. The van der Waals surface area contributed by atoms with Gasteiger partial charge in [-0.2, -0.15) is 0 Å². The molecule has 0 N–H and O–H groups in total. The number of halogens is 1. The summed E-state index contributed by atoms with van der Waals surface area (Å²) in [6.45, 7) is 1.38. The van der Waals surface area contributed by atoms with Crippen LogP contribution in [0, 0.1) is 17.0 Å². The van der Waals surface area contributed by atoms with E-state index in [2.05, 4.69) is 4.98 Å². The summed E-state index contributed by atoms with van der Waals surface area (Å²) in [6.07, 6.45) is 0. The van der Waals surface area contributed by atoms with Crippen molar-refractivity contribution in [3.05, 3.63) is 32.6 Å². The molecule has 0 atom stereocenters. The number of rotatable bonds is 2. The molecule has 0 radical (unpaired) electrons. The number of nitrogens with zero attached hydrogens (tertiary/aromatic N) is 2. The molecule has 0 aliphatic carbocycles. The third kappa shape index (κ3) is 1.80. The first-order chi connectivity index (χ1) is 6.43. The van der Waals surface area contributed by atoms with E-state index >= 15 is 0 Å². The molecule has 0 aliphatic heterocycles. The molecule has 1 heterocycles. The van der Waals surface area contributed by atoms with E-state index in [1.807, 2.05) is 0 Å². The third-order valence-corrected chi connectivity index (χ3v) is 1.84. The first kappa shape index (κ1) is 10.4. The SMILES string of the molecule is Cc1nc(Cl)c([N+](=O)[O-])cc1C(=O)[O-]. The van der Waals surface area contributed by atoms with Crippen LogP contribution in [0.1, 0.15) is 16.1 Å². The molecule has 0 aliphatic rings. The number of hydrogen-bond acceptors (Lipinski definition) is 5. The summed E-state index contributed by atoms with van der Waals surface area (Å²) >= 11 is 5.44. The number of aromatic nitrogens is 1. The molecule has 0 aromatic carbocycles. The molecule has 74 valence electrons. The van der Waals surface area contributed by atoms with E-state index in [9.17, 15) is 20.0 Å². The van der Waals surface area contributed by atoms with Gasteiger partial charge in [-0.15, -0.1) is 0 Å². The fraction of sp³-hybridized carbons (Fsp3) is 0.143. The topological polar surface area (TPSA) is 96.2 Å². The number of aryl methyl sites for hydroxylation is 1. The van der Waals surface area contributed by atoms with Crippen LogP contribution >= 0.6 is 11.6 Å². The van der Waals surface area contributed by atoms with Gasteiger partial charge in [0.25, 0.3) is 0 Å². The van der Waals surface area contributed by atoms with E-state index in [1.54, 1.807) is 0 Å². The largest absolute Gasteiger partial charge is 0.545 e. The molecule has 0 spiro atoms. The predicted octanol–water partition coefficient (Wildman–Crippen LogP) is 0.315. The monoisotopic (exact) mass is 215 g/mol. The molecular formula is C7H4ClN2O4-. The molecule has 0 unspecified atom stereocenters. The van der Waals surface area contributed by atoms with Gasteiger partial charge in [-0.25, -0.2) is 4.98 Å². The van der Waals surface area contributed by atoms with Gasteiger partial charge in [-0.05, 0) is 6.92 Å². The molecule has 1 aromatic rings. The fourth-order valence-corrected chi connectivity index (χ4v) is 1.15. The van der Waals surface area contributed by atoms with Gasteiger partial charge in [0.15, 0.2) is 0 Å². The van der Waals surface area contributed by atoms with Crippen LogP contribution in [0.5, 0.6) is 0 Å². The molecule has 0 bridgehead atoms. The highest BCUT2D eigenvalue weighted by Crippen LogP contribution is 2.24. The number of carboxylic acids is 1. The van der Waals surface area contributed by atoms with Gasteiger partial charge in [0.2, 0.25) is 5.15 Å². The van der Waals surface area contributed by atoms with E-state index in [1.165, 1.54) is 6.92 Å². The predicted molar refractivity (Wildman–Crippen MR) is 45.0 cm³/mol. The first-order valence-electron chi connectivity index (χ1n) is 3.46. The number of hydrogen-bond donors (Lipinski definition) is 0. The van der Waals surface area contributed by atoms with Crippen molar-refractivity contribution >= 4 is 23.3 Å². The van der Waals surface area contributed by atoms with Crippen molar-refractivity contribution < 1.29 is 14.8 Å². The summed E-state index contributed by atoms with van der Waals surface area (Å²) in [6, 6.07) is 0.833. The van der Waals surface area contributed by atoms with Crippen LogP contribution < -0.4 is 5.11 Å². The smallest absolute Gasteiger partial charge is 0.307 e. The van der Waals surface area contributed by atoms with Gasteiger partial charge in [-0.3, -0.25) is 10.1 Å². The Morgan fingerprint density at radius 3 is 2.64 bits per heavy atom. The van der Waals surface area contributed by atoms with E-state index in [0.717, 1.165) is 6.07 Å². The van der Waals surface area contributed by atoms with Gasteiger partial charge in [0, 0.05) is 17.3 Å². The van der Waals surface area contributed by atoms with E-state index in [0.29, 0.717) is 0 Å². The maximum atomic E-state index is 10.5. The van der Waals surface area contributed by atoms with Crippen molar-refractivity contribution in [3.63, 3.8) is 0 Å². The van der Waals surface area contributed by atoms with Crippen LogP contribution in [0.4, 0.5) is 5.69 Å². The summed E-state index contributed by atoms with van der Waals surface area (Å²) in [4.78, 5) is 23.6. The van der Waals surface area contributed by atoms with Gasteiger partial charge < -0.3 is 9.90 Å². The Labute approximate surface area is 83.3 Å². The molecule has 0 saturated carbocycles. The minimum absolute atomic E-state index is 0.0839. The van der Waals surface area contributed by atoms with E-state index in [-0.39, 0.29) is 16.4 Å². The lowest BCUT2D eigenvalue weighted by Gasteiger charge is -2.05. The number of pyridine rings is 1. The molecule has 1 rings (SSSR count). The minimum Gasteiger partial charge on any atom is -0.545 e. The van der Waals surface area contributed by atoms with Gasteiger partial charge in [-0.1, -0.05) is 11.6 Å². The Morgan fingerprint density at radius 1 is 1.64 bits per heavy atom. The molecule has 0 amide bonds. The number of carbonyl (C=O) groups is 1. The summed E-state index contributed by atoms with van der Waals surface area (Å²) in [5.74, 6) is -1.52. The summed E-state index contributed by atoms with van der Waals surface area (Å²) < 4.78 is 0. The number of nitro groups is 1. The van der Waals surface area contributed by atoms with Crippen molar-refractivity contribution in [2.75, 3.05) is 0 Å². The highest BCUT2D eigenvalue weighted by atomic mass is 35.5. The van der Waals surface area contributed by atoms with Crippen LogP contribution in [-0.4, -0.2) is 15.9 Å². The average Bonchev–Trinajstić information content (AvgIpc) is 2.02. The zero-order valence-electron chi connectivity index (χ0n) is 6.98. The van der Waals surface area contributed by atoms with E-state index < -0.39 is 16.6 Å². The maximum Gasteiger partial charge on any atom is 0.307 e. The lowest BCUT2D eigenvalue weighted by molar-refractivity contribution is -0.385. The fourth-order valence-electron chi connectivity index (χ4n) is 0.900. The molecule has 7 heteroatoms. The average molecular weight is 216 g/mol. The van der Waals surface area contributed by atoms with Crippen molar-refractivity contribution in [3.8, 4) is 0 Å². The van der Waals surface area contributed by atoms with Gasteiger partial charge >= 0.3 is 5.69 Å². The first-order valence-corrected chi connectivity index (χ1v) is 3.84. The maximum absolute atomic E-state index is 10.5. The lowest BCUT2D eigenvalue weighted by atomic mass is 10.2. The number of aromatic carboxylic acids is 1. The van der Waals surface area contributed by atoms with Crippen LogP contribution in [0.2, 0.25) is 5.15 Å². The second-order valence-corrected chi connectivity index (χ2v) is 2.83. The summed E-state index contributed by atoms with van der Waals surface area (Å²) in [5, 5.41) is 20.5. The Bertz CT molecular complexity index is 383. The Morgan fingerprint density at radius 2 is 2.21 bits per heavy atom.